The van der Waals surface area contributed by atoms with E-state index in [1.165, 1.54) is 0 Å². The molecule has 0 saturated heterocycles. The standard InChI is InChI=1S/C10H20N2O3S/c1-8(4-5-9(13)14)12-10(15)11-6-3-7-16-2/h8H,3-7H2,1-2H3,(H,13,14)(H2,11,12,15). The monoisotopic (exact) mass is 248 g/mol. The van der Waals surface area contributed by atoms with Gasteiger partial charge in [-0.3, -0.25) is 4.79 Å². The van der Waals surface area contributed by atoms with Gasteiger partial charge in [0.15, 0.2) is 0 Å². The van der Waals surface area contributed by atoms with Crippen LogP contribution < -0.4 is 10.6 Å². The third-order valence-electron chi connectivity index (χ3n) is 1.98. The van der Waals surface area contributed by atoms with E-state index >= 15 is 0 Å². The Morgan fingerprint density at radius 3 is 2.69 bits per heavy atom. The fourth-order valence-electron chi connectivity index (χ4n) is 1.11. The maximum atomic E-state index is 11.3. The lowest BCUT2D eigenvalue weighted by molar-refractivity contribution is -0.137. The molecule has 1 atom stereocenters. The third kappa shape index (κ3) is 9.64. The summed E-state index contributed by atoms with van der Waals surface area (Å²) in [5.41, 5.74) is 0. The molecule has 16 heavy (non-hydrogen) atoms. The number of amides is 2. The van der Waals surface area contributed by atoms with Crippen molar-refractivity contribution in [2.45, 2.75) is 32.2 Å². The molecule has 5 nitrogen and oxygen atoms in total. The molecule has 94 valence electrons. The van der Waals surface area contributed by atoms with Crippen molar-refractivity contribution in [2.24, 2.45) is 0 Å². The molecular formula is C10H20N2O3S. The Balaban J connectivity index is 3.50. The predicted molar refractivity (Wildman–Crippen MR) is 65.9 cm³/mol. The van der Waals surface area contributed by atoms with Gasteiger partial charge < -0.3 is 15.7 Å². The summed E-state index contributed by atoms with van der Waals surface area (Å²) in [5.74, 6) is 0.184. The average molecular weight is 248 g/mol. The second kappa shape index (κ2) is 9.33. The van der Waals surface area contributed by atoms with Crippen molar-refractivity contribution in [3.63, 3.8) is 0 Å². The topological polar surface area (TPSA) is 78.4 Å². The van der Waals surface area contributed by atoms with Crippen LogP contribution in [-0.4, -0.2) is 41.7 Å². The molecule has 2 amide bonds. The SMILES string of the molecule is CSCCCNC(=O)NC(C)CCC(=O)O. The quantitative estimate of drug-likeness (QED) is 0.566. The molecule has 0 aromatic heterocycles. The summed E-state index contributed by atoms with van der Waals surface area (Å²) in [6, 6.07) is -0.337. The fraction of sp³-hybridized carbons (Fsp3) is 0.800. The zero-order chi connectivity index (χ0) is 12.4. The summed E-state index contributed by atoms with van der Waals surface area (Å²) in [4.78, 5) is 21.6. The number of nitrogens with one attached hydrogen (secondary N) is 2. The van der Waals surface area contributed by atoms with Crippen molar-refractivity contribution >= 4 is 23.8 Å². The molecule has 0 fully saturated rings. The third-order valence-corrected chi connectivity index (χ3v) is 2.68. The van der Waals surface area contributed by atoms with Gasteiger partial charge in [0.2, 0.25) is 0 Å². The van der Waals surface area contributed by atoms with E-state index in [9.17, 15) is 9.59 Å². The van der Waals surface area contributed by atoms with Gasteiger partial charge in [-0.1, -0.05) is 0 Å². The van der Waals surface area contributed by atoms with E-state index in [1.807, 2.05) is 6.26 Å². The van der Waals surface area contributed by atoms with E-state index in [2.05, 4.69) is 10.6 Å². The lowest BCUT2D eigenvalue weighted by Gasteiger charge is -2.13. The van der Waals surface area contributed by atoms with Crippen LogP contribution in [0.5, 0.6) is 0 Å². The molecule has 0 aliphatic heterocycles. The first-order chi connectivity index (χ1) is 7.56. The van der Waals surface area contributed by atoms with Gasteiger partial charge >= 0.3 is 12.0 Å². The largest absolute Gasteiger partial charge is 0.481 e. The molecule has 0 aromatic carbocycles. The Kier molecular flexibility index (Phi) is 8.80. The molecule has 0 heterocycles. The zero-order valence-electron chi connectivity index (χ0n) is 9.78. The number of carbonyl (C=O) groups is 2. The number of aliphatic carboxylic acids is 1. The second-order valence-electron chi connectivity index (χ2n) is 3.58. The van der Waals surface area contributed by atoms with Crippen LogP contribution in [0.15, 0.2) is 0 Å². The number of carboxylic acids is 1. The van der Waals surface area contributed by atoms with E-state index in [-0.39, 0.29) is 18.5 Å². The van der Waals surface area contributed by atoms with Crippen LogP contribution in [-0.2, 0) is 4.79 Å². The van der Waals surface area contributed by atoms with Gasteiger partial charge in [0.05, 0.1) is 0 Å². The zero-order valence-corrected chi connectivity index (χ0v) is 10.6. The lowest BCUT2D eigenvalue weighted by atomic mass is 10.2. The molecule has 0 spiro atoms. The van der Waals surface area contributed by atoms with Crippen molar-refractivity contribution in [2.75, 3.05) is 18.6 Å². The van der Waals surface area contributed by atoms with Gasteiger partial charge in [-0.2, -0.15) is 11.8 Å². The Bertz CT molecular complexity index is 224. The highest BCUT2D eigenvalue weighted by molar-refractivity contribution is 7.98. The Labute approximate surface area is 100 Å². The van der Waals surface area contributed by atoms with Crippen LogP contribution >= 0.6 is 11.8 Å². The maximum Gasteiger partial charge on any atom is 0.314 e. The minimum absolute atomic E-state index is 0.0773. The summed E-state index contributed by atoms with van der Waals surface area (Å²) in [6.45, 7) is 2.45. The minimum atomic E-state index is -0.839. The molecule has 3 N–H and O–H groups in total. The van der Waals surface area contributed by atoms with Crippen LogP contribution in [0.2, 0.25) is 0 Å². The minimum Gasteiger partial charge on any atom is -0.481 e. The number of urea groups is 1. The normalized spacial score (nSPS) is 11.9. The number of carbonyl (C=O) groups excluding carboxylic acids is 1. The first-order valence-electron chi connectivity index (χ1n) is 5.31. The summed E-state index contributed by atoms with van der Waals surface area (Å²) in [7, 11) is 0. The smallest absolute Gasteiger partial charge is 0.314 e. The van der Waals surface area contributed by atoms with Crippen molar-refractivity contribution in [3.05, 3.63) is 0 Å². The fourth-order valence-corrected chi connectivity index (χ4v) is 1.54. The highest BCUT2D eigenvalue weighted by Crippen LogP contribution is 1.96. The number of carboxylic acid groups (broad SMARTS) is 1. The van der Waals surface area contributed by atoms with Crippen molar-refractivity contribution < 1.29 is 14.7 Å². The summed E-state index contributed by atoms with van der Waals surface area (Å²) >= 11 is 1.74. The molecule has 1 unspecified atom stereocenters. The number of hydrogen-bond donors (Lipinski definition) is 3. The second-order valence-corrected chi connectivity index (χ2v) is 4.57. The number of hydrogen-bond acceptors (Lipinski definition) is 3. The van der Waals surface area contributed by atoms with Gasteiger partial charge in [0, 0.05) is 19.0 Å². The van der Waals surface area contributed by atoms with Gasteiger partial charge in [0.1, 0.15) is 0 Å². The summed E-state index contributed by atoms with van der Waals surface area (Å²) in [5, 5.41) is 13.9. The van der Waals surface area contributed by atoms with Crippen molar-refractivity contribution in [3.8, 4) is 0 Å². The Morgan fingerprint density at radius 1 is 1.44 bits per heavy atom. The summed E-state index contributed by atoms with van der Waals surface area (Å²) < 4.78 is 0. The molecule has 0 aliphatic rings. The van der Waals surface area contributed by atoms with Crippen LogP contribution in [0.3, 0.4) is 0 Å². The van der Waals surface area contributed by atoms with E-state index in [0.29, 0.717) is 13.0 Å². The van der Waals surface area contributed by atoms with E-state index in [0.717, 1.165) is 12.2 Å². The molecular weight excluding hydrogens is 228 g/mol. The number of rotatable bonds is 8. The molecule has 0 radical (unpaired) electrons. The molecule has 0 saturated carbocycles. The lowest BCUT2D eigenvalue weighted by Crippen LogP contribution is -2.41. The van der Waals surface area contributed by atoms with E-state index in [4.69, 9.17) is 5.11 Å². The van der Waals surface area contributed by atoms with Crippen molar-refractivity contribution in [1.82, 2.24) is 10.6 Å². The van der Waals surface area contributed by atoms with Crippen molar-refractivity contribution in [1.29, 1.82) is 0 Å². The van der Waals surface area contributed by atoms with Gasteiger partial charge in [-0.25, -0.2) is 4.79 Å². The first-order valence-corrected chi connectivity index (χ1v) is 6.70. The van der Waals surface area contributed by atoms with Gasteiger partial charge in [-0.05, 0) is 31.8 Å². The molecule has 0 rings (SSSR count). The predicted octanol–water partition coefficient (Wildman–Crippen LogP) is 1.29. The van der Waals surface area contributed by atoms with Crippen LogP contribution in [0.25, 0.3) is 0 Å². The Morgan fingerprint density at radius 2 is 2.12 bits per heavy atom. The van der Waals surface area contributed by atoms with E-state index < -0.39 is 5.97 Å². The molecule has 0 aliphatic carbocycles. The Hall–Kier alpha value is -0.910. The molecule has 0 aromatic rings. The van der Waals surface area contributed by atoms with Crippen LogP contribution in [0.4, 0.5) is 4.79 Å². The average Bonchev–Trinajstić information content (AvgIpc) is 2.21. The van der Waals surface area contributed by atoms with Crippen LogP contribution in [0.1, 0.15) is 26.2 Å². The molecule has 0 bridgehead atoms. The van der Waals surface area contributed by atoms with E-state index in [1.54, 1.807) is 18.7 Å². The highest BCUT2D eigenvalue weighted by Gasteiger charge is 2.08. The molecule has 6 heteroatoms. The maximum absolute atomic E-state index is 11.3. The van der Waals surface area contributed by atoms with Gasteiger partial charge in [-0.15, -0.1) is 0 Å². The van der Waals surface area contributed by atoms with Gasteiger partial charge in [0.25, 0.3) is 0 Å². The summed E-state index contributed by atoms with van der Waals surface area (Å²) in [6.07, 6.45) is 3.49. The highest BCUT2D eigenvalue weighted by atomic mass is 32.2. The number of thioether (sulfide) groups is 1. The van der Waals surface area contributed by atoms with Crippen LogP contribution in [0, 0.1) is 0 Å². The first kappa shape index (κ1) is 15.1.